The fourth-order valence-electron chi connectivity index (χ4n) is 1.58. The second kappa shape index (κ2) is 5.63. The Morgan fingerprint density at radius 1 is 1.15 bits per heavy atom. The summed E-state index contributed by atoms with van der Waals surface area (Å²) in [6.45, 7) is 0. The summed E-state index contributed by atoms with van der Waals surface area (Å²) in [5.41, 5.74) is 0.672. The molecule has 0 saturated heterocycles. The molecule has 2 rings (SSSR count). The molecule has 0 spiro atoms. The van der Waals surface area contributed by atoms with Crippen molar-refractivity contribution < 1.29 is 13.2 Å². The van der Waals surface area contributed by atoms with Gasteiger partial charge in [0.2, 0.25) is 10.0 Å². The van der Waals surface area contributed by atoms with Gasteiger partial charge in [0.05, 0.1) is 23.6 Å². The minimum absolute atomic E-state index is 0.278. The van der Waals surface area contributed by atoms with Crippen LogP contribution in [0.1, 0.15) is 5.56 Å². The number of sulfonamides is 1. The third kappa shape index (κ3) is 3.73. The molecule has 0 saturated carbocycles. The lowest BCUT2D eigenvalue weighted by Crippen LogP contribution is -2.10. The fraction of sp³-hybridized carbons (Fsp3) is 0.0714. The summed E-state index contributed by atoms with van der Waals surface area (Å²) in [4.78, 5) is 0. The van der Waals surface area contributed by atoms with Crippen molar-refractivity contribution in [1.82, 2.24) is 0 Å². The van der Waals surface area contributed by atoms with Crippen LogP contribution >= 0.6 is 0 Å². The molecule has 0 bridgehead atoms. The zero-order valence-electron chi connectivity index (χ0n) is 10.7. The standard InChI is InChI=1S/C14H12N2O3S/c1-20(17,18)16-13-8-7-11(10-15)9-14(13)19-12-5-3-2-4-6-12/h2-9,16H,1H3. The van der Waals surface area contributed by atoms with Crippen molar-refractivity contribution in [2.45, 2.75) is 0 Å². The minimum atomic E-state index is -3.42. The summed E-state index contributed by atoms with van der Waals surface area (Å²) >= 11 is 0. The Hall–Kier alpha value is -2.52. The highest BCUT2D eigenvalue weighted by atomic mass is 32.2. The lowest BCUT2D eigenvalue weighted by Gasteiger charge is -2.12. The molecule has 1 N–H and O–H groups in total. The quantitative estimate of drug-likeness (QED) is 0.938. The maximum absolute atomic E-state index is 11.3. The number of hydrogen-bond acceptors (Lipinski definition) is 4. The van der Waals surface area contributed by atoms with Crippen molar-refractivity contribution in [2.75, 3.05) is 11.0 Å². The van der Waals surface area contributed by atoms with Crippen LogP contribution in [0.25, 0.3) is 0 Å². The number of hydrogen-bond donors (Lipinski definition) is 1. The Morgan fingerprint density at radius 3 is 2.45 bits per heavy atom. The van der Waals surface area contributed by atoms with E-state index in [-0.39, 0.29) is 11.4 Å². The Balaban J connectivity index is 2.40. The normalized spacial score (nSPS) is 10.6. The van der Waals surface area contributed by atoms with Crippen molar-refractivity contribution in [2.24, 2.45) is 0 Å². The summed E-state index contributed by atoms with van der Waals surface area (Å²) in [6, 6.07) is 15.4. The molecular weight excluding hydrogens is 276 g/mol. The first-order valence-corrected chi connectivity index (χ1v) is 7.62. The molecule has 20 heavy (non-hydrogen) atoms. The van der Waals surface area contributed by atoms with Crippen molar-refractivity contribution in [3.05, 3.63) is 54.1 Å². The number of nitrogens with one attached hydrogen (secondary N) is 1. The van der Waals surface area contributed by atoms with E-state index >= 15 is 0 Å². The smallest absolute Gasteiger partial charge is 0.229 e. The van der Waals surface area contributed by atoms with Crippen LogP contribution in [0.5, 0.6) is 11.5 Å². The van der Waals surface area contributed by atoms with E-state index in [0.717, 1.165) is 6.26 Å². The molecule has 0 aliphatic carbocycles. The molecule has 0 atom stereocenters. The summed E-state index contributed by atoms with van der Waals surface area (Å²) in [7, 11) is -3.42. The Bertz CT molecular complexity index is 750. The van der Waals surface area contributed by atoms with E-state index in [0.29, 0.717) is 11.3 Å². The second-order valence-corrected chi connectivity index (χ2v) is 5.86. The van der Waals surface area contributed by atoms with Gasteiger partial charge in [0, 0.05) is 6.07 Å². The molecule has 2 aromatic rings. The van der Waals surface area contributed by atoms with Crippen LogP contribution in [0.3, 0.4) is 0 Å². The summed E-state index contributed by atoms with van der Waals surface area (Å²) in [5.74, 6) is 0.833. The average molecular weight is 288 g/mol. The molecule has 5 nitrogen and oxygen atoms in total. The number of para-hydroxylation sites is 1. The zero-order valence-corrected chi connectivity index (χ0v) is 11.5. The Labute approximate surface area is 117 Å². The van der Waals surface area contributed by atoms with E-state index in [1.54, 1.807) is 24.3 Å². The number of ether oxygens (including phenoxy) is 1. The third-order valence-electron chi connectivity index (χ3n) is 2.38. The van der Waals surface area contributed by atoms with Crippen LogP contribution in [-0.2, 0) is 10.0 Å². The molecule has 0 aliphatic heterocycles. The maximum Gasteiger partial charge on any atom is 0.229 e. The van der Waals surface area contributed by atoms with Crippen LogP contribution in [-0.4, -0.2) is 14.7 Å². The zero-order chi connectivity index (χ0) is 14.6. The van der Waals surface area contributed by atoms with Gasteiger partial charge in [-0.05, 0) is 24.3 Å². The molecule has 2 aromatic carbocycles. The van der Waals surface area contributed by atoms with Gasteiger partial charge in [0.15, 0.2) is 5.75 Å². The SMILES string of the molecule is CS(=O)(=O)Nc1ccc(C#N)cc1Oc1ccccc1. The molecule has 102 valence electrons. The molecule has 0 amide bonds. The van der Waals surface area contributed by atoms with Gasteiger partial charge in [-0.25, -0.2) is 8.42 Å². The van der Waals surface area contributed by atoms with E-state index in [2.05, 4.69) is 4.72 Å². The highest BCUT2D eigenvalue weighted by molar-refractivity contribution is 7.92. The van der Waals surface area contributed by atoms with Gasteiger partial charge in [-0.3, -0.25) is 4.72 Å². The number of nitrogens with zero attached hydrogens (tertiary/aromatic N) is 1. The maximum atomic E-state index is 11.3. The minimum Gasteiger partial charge on any atom is -0.455 e. The average Bonchev–Trinajstić information content (AvgIpc) is 2.40. The third-order valence-corrected chi connectivity index (χ3v) is 2.97. The predicted molar refractivity (Wildman–Crippen MR) is 76.1 cm³/mol. The first-order chi connectivity index (χ1) is 9.48. The van der Waals surface area contributed by atoms with Crippen molar-refractivity contribution in [1.29, 1.82) is 5.26 Å². The highest BCUT2D eigenvalue weighted by Gasteiger charge is 2.10. The van der Waals surface area contributed by atoms with Crippen LogP contribution in [0.2, 0.25) is 0 Å². The Morgan fingerprint density at radius 2 is 1.85 bits per heavy atom. The molecule has 0 heterocycles. The predicted octanol–water partition coefficient (Wildman–Crippen LogP) is 2.72. The summed E-state index contributed by atoms with van der Waals surface area (Å²) in [6.07, 6.45) is 1.05. The van der Waals surface area contributed by atoms with Gasteiger partial charge in [-0.15, -0.1) is 0 Å². The van der Waals surface area contributed by atoms with E-state index in [9.17, 15) is 8.42 Å². The van der Waals surface area contributed by atoms with E-state index in [1.807, 2.05) is 12.1 Å². The van der Waals surface area contributed by atoms with Gasteiger partial charge >= 0.3 is 0 Å². The largest absolute Gasteiger partial charge is 0.455 e. The van der Waals surface area contributed by atoms with Crippen LogP contribution in [0.15, 0.2) is 48.5 Å². The van der Waals surface area contributed by atoms with Crippen LogP contribution in [0, 0.1) is 11.3 Å². The van der Waals surface area contributed by atoms with Gasteiger partial charge in [-0.2, -0.15) is 5.26 Å². The van der Waals surface area contributed by atoms with E-state index in [4.69, 9.17) is 10.00 Å². The van der Waals surface area contributed by atoms with Gasteiger partial charge in [-0.1, -0.05) is 18.2 Å². The summed E-state index contributed by atoms with van der Waals surface area (Å²) < 4.78 is 30.6. The number of rotatable bonds is 4. The summed E-state index contributed by atoms with van der Waals surface area (Å²) in [5, 5.41) is 8.91. The first-order valence-electron chi connectivity index (χ1n) is 5.73. The van der Waals surface area contributed by atoms with E-state index < -0.39 is 10.0 Å². The van der Waals surface area contributed by atoms with Crippen molar-refractivity contribution in [3.63, 3.8) is 0 Å². The lowest BCUT2D eigenvalue weighted by atomic mass is 10.2. The number of nitriles is 1. The van der Waals surface area contributed by atoms with Gasteiger partial charge < -0.3 is 4.74 Å². The monoisotopic (exact) mass is 288 g/mol. The number of anilines is 1. The lowest BCUT2D eigenvalue weighted by molar-refractivity contribution is 0.484. The first kappa shape index (κ1) is 13.9. The Kier molecular flexibility index (Phi) is 3.91. The van der Waals surface area contributed by atoms with Gasteiger partial charge in [0.25, 0.3) is 0 Å². The fourth-order valence-corrected chi connectivity index (χ4v) is 2.14. The topological polar surface area (TPSA) is 79.2 Å². The van der Waals surface area contributed by atoms with Gasteiger partial charge in [0.1, 0.15) is 5.75 Å². The van der Waals surface area contributed by atoms with Crippen LogP contribution in [0.4, 0.5) is 5.69 Å². The van der Waals surface area contributed by atoms with Crippen molar-refractivity contribution in [3.8, 4) is 17.6 Å². The van der Waals surface area contributed by atoms with Crippen LogP contribution < -0.4 is 9.46 Å². The molecule has 6 heteroatoms. The molecule has 0 unspecified atom stereocenters. The second-order valence-electron chi connectivity index (χ2n) is 4.11. The molecule has 0 radical (unpaired) electrons. The highest BCUT2D eigenvalue weighted by Crippen LogP contribution is 2.31. The van der Waals surface area contributed by atoms with E-state index in [1.165, 1.54) is 18.2 Å². The number of benzene rings is 2. The molecule has 0 aromatic heterocycles. The molecular formula is C14H12N2O3S. The van der Waals surface area contributed by atoms with Crippen molar-refractivity contribution >= 4 is 15.7 Å². The molecule has 0 fully saturated rings. The molecule has 0 aliphatic rings.